The zero-order chi connectivity index (χ0) is 15.2. The van der Waals surface area contributed by atoms with Crippen LogP contribution in [0.3, 0.4) is 0 Å². The fourth-order valence-electron chi connectivity index (χ4n) is 2.00. The maximum atomic E-state index is 11.5. The van der Waals surface area contributed by atoms with Crippen molar-refractivity contribution in [3.63, 3.8) is 0 Å². The first-order valence-corrected chi connectivity index (χ1v) is 6.68. The molecule has 21 heavy (non-hydrogen) atoms. The lowest BCUT2D eigenvalue weighted by Gasteiger charge is -2.35. The third-order valence-electron chi connectivity index (χ3n) is 3.27. The third-order valence-corrected chi connectivity index (χ3v) is 3.27. The van der Waals surface area contributed by atoms with E-state index in [9.17, 15) is 20.1 Å². The van der Waals surface area contributed by atoms with Gasteiger partial charge in [-0.15, -0.1) is 0 Å². The van der Waals surface area contributed by atoms with Crippen LogP contribution in [0.25, 0.3) is 0 Å². The number of nitrogens with one attached hydrogen (secondary N) is 1. The molecule has 116 valence electrons. The molecule has 1 aliphatic heterocycles. The molecule has 0 aromatic heterocycles. The summed E-state index contributed by atoms with van der Waals surface area (Å²) in [5.41, 5.74) is 0.861. The Labute approximate surface area is 122 Å². The van der Waals surface area contributed by atoms with Gasteiger partial charge in [-0.05, 0) is 5.56 Å². The number of aliphatic hydroxyl groups is 3. The Morgan fingerprint density at radius 1 is 1.24 bits per heavy atom. The van der Waals surface area contributed by atoms with Crippen molar-refractivity contribution in [3.8, 4) is 0 Å². The van der Waals surface area contributed by atoms with Gasteiger partial charge in [0, 0.05) is 6.54 Å². The smallest absolute Gasteiger partial charge is 0.407 e. The van der Waals surface area contributed by atoms with Crippen LogP contribution in [0.5, 0.6) is 0 Å². The number of amides is 1. The van der Waals surface area contributed by atoms with E-state index in [0.717, 1.165) is 5.56 Å². The topological polar surface area (TPSA) is 108 Å². The van der Waals surface area contributed by atoms with E-state index in [0.29, 0.717) is 0 Å². The standard InChI is InChI=1S/C14H19NO6/c16-10-8-20-11(13(18)12(10)17)6-15-14(19)21-7-9-4-2-1-3-5-9/h1-5,10-13,16-18H,6-8H2,(H,15,19)/t10-,11+,12+,13+/m0/s1. The summed E-state index contributed by atoms with van der Waals surface area (Å²) in [5.74, 6) is 0. The van der Waals surface area contributed by atoms with Crippen molar-refractivity contribution in [1.82, 2.24) is 5.32 Å². The molecule has 1 saturated heterocycles. The van der Waals surface area contributed by atoms with Gasteiger partial charge in [0.05, 0.1) is 6.61 Å². The zero-order valence-corrected chi connectivity index (χ0v) is 11.4. The lowest BCUT2D eigenvalue weighted by atomic mass is 10.0. The van der Waals surface area contributed by atoms with Gasteiger partial charge in [0.25, 0.3) is 0 Å². The molecule has 0 unspecified atom stereocenters. The predicted molar refractivity (Wildman–Crippen MR) is 72.4 cm³/mol. The van der Waals surface area contributed by atoms with E-state index in [1.165, 1.54) is 0 Å². The molecule has 1 heterocycles. The van der Waals surface area contributed by atoms with Gasteiger partial charge in [-0.25, -0.2) is 4.79 Å². The van der Waals surface area contributed by atoms with Crippen molar-refractivity contribution in [2.24, 2.45) is 0 Å². The summed E-state index contributed by atoms with van der Waals surface area (Å²) in [5, 5.41) is 31.0. The Kier molecular flexibility index (Phi) is 5.51. The molecule has 1 aliphatic rings. The number of benzene rings is 1. The number of hydrogen-bond acceptors (Lipinski definition) is 6. The largest absolute Gasteiger partial charge is 0.445 e. The number of carbonyl (C=O) groups is 1. The van der Waals surface area contributed by atoms with Gasteiger partial charge >= 0.3 is 6.09 Å². The second-order valence-electron chi connectivity index (χ2n) is 4.86. The molecule has 0 bridgehead atoms. The monoisotopic (exact) mass is 297 g/mol. The number of rotatable bonds is 4. The summed E-state index contributed by atoms with van der Waals surface area (Å²) in [6.45, 7) is 0.0320. The second kappa shape index (κ2) is 7.37. The minimum atomic E-state index is -1.29. The molecule has 0 aliphatic carbocycles. The van der Waals surface area contributed by atoms with E-state index in [-0.39, 0.29) is 19.8 Å². The van der Waals surface area contributed by atoms with E-state index in [4.69, 9.17) is 9.47 Å². The highest BCUT2D eigenvalue weighted by atomic mass is 16.6. The van der Waals surface area contributed by atoms with Gasteiger partial charge in [-0.1, -0.05) is 30.3 Å². The van der Waals surface area contributed by atoms with E-state index in [1.54, 1.807) is 0 Å². The first kappa shape index (κ1) is 15.7. The molecule has 1 aromatic rings. The average molecular weight is 297 g/mol. The second-order valence-corrected chi connectivity index (χ2v) is 4.86. The summed E-state index contributed by atoms with van der Waals surface area (Å²) >= 11 is 0. The first-order valence-electron chi connectivity index (χ1n) is 6.68. The minimum Gasteiger partial charge on any atom is -0.445 e. The van der Waals surface area contributed by atoms with Crippen molar-refractivity contribution in [2.45, 2.75) is 31.0 Å². The summed E-state index contributed by atoms with van der Waals surface area (Å²) < 4.78 is 10.2. The Morgan fingerprint density at radius 2 is 1.95 bits per heavy atom. The molecular formula is C14H19NO6. The average Bonchev–Trinajstić information content (AvgIpc) is 2.51. The normalized spacial score (nSPS) is 28.9. The van der Waals surface area contributed by atoms with Crippen LogP contribution in [0, 0.1) is 0 Å². The van der Waals surface area contributed by atoms with Gasteiger partial charge in [0.15, 0.2) is 0 Å². The third kappa shape index (κ3) is 4.40. The molecule has 2 rings (SSSR count). The molecule has 1 aromatic carbocycles. The SMILES string of the molecule is O=C(NC[C@H]1OC[C@H](O)[C@@H](O)[C@@H]1O)OCc1ccccc1. The maximum absolute atomic E-state index is 11.5. The Morgan fingerprint density at radius 3 is 2.67 bits per heavy atom. The molecule has 1 amide bonds. The van der Waals surface area contributed by atoms with Crippen LogP contribution in [0.2, 0.25) is 0 Å². The fourth-order valence-corrected chi connectivity index (χ4v) is 2.00. The van der Waals surface area contributed by atoms with Gasteiger partial charge in [0.2, 0.25) is 0 Å². The number of alkyl carbamates (subject to hydrolysis) is 1. The summed E-state index contributed by atoms with van der Waals surface area (Å²) in [4.78, 5) is 11.5. The number of ether oxygens (including phenoxy) is 2. The van der Waals surface area contributed by atoms with Crippen LogP contribution in [0.4, 0.5) is 4.79 Å². The van der Waals surface area contributed by atoms with Crippen LogP contribution in [0.1, 0.15) is 5.56 Å². The molecule has 7 heteroatoms. The van der Waals surface area contributed by atoms with Crippen LogP contribution in [0.15, 0.2) is 30.3 Å². The Bertz CT molecular complexity index is 454. The predicted octanol–water partition coefficient (Wildman–Crippen LogP) is -0.606. The molecule has 4 N–H and O–H groups in total. The van der Waals surface area contributed by atoms with E-state index in [1.807, 2.05) is 30.3 Å². The lowest BCUT2D eigenvalue weighted by Crippen LogP contribution is -2.56. The van der Waals surface area contributed by atoms with Gasteiger partial charge < -0.3 is 30.1 Å². The van der Waals surface area contributed by atoms with Crippen molar-refractivity contribution >= 4 is 6.09 Å². The first-order chi connectivity index (χ1) is 10.1. The number of carbonyl (C=O) groups excluding carboxylic acids is 1. The molecular weight excluding hydrogens is 278 g/mol. The summed E-state index contributed by atoms with van der Waals surface area (Å²) in [6.07, 6.45) is -5.10. The number of hydrogen-bond donors (Lipinski definition) is 4. The van der Waals surface area contributed by atoms with Crippen LogP contribution in [-0.2, 0) is 16.1 Å². The van der Waals surface area contributed by atoms with Crippen LogP contribution < -0.4 is 5.32 Å². The Balaban J connectivity index is 1.71. The van der Waals surface area contributed by atoms with Gasteiger partial charge in [0.1, 0.15) is 31.0 Å². The minimum absolute atomic E-state index is 0.0153. The van der Waals surface area contributed by atoms with Gasteiger partial charge in [-0.2, -0.15) is 0 Å². The molecule has 7 nitrogen and oxygen atoms in total. The van der Waals surface area contributed by atoms with Crippen molar-refractivity contribution in [1.29, 1.82) is 0 Å². The van der Waals surface area contributed by atoms with E-state index in [2.05, 4.69) is 5.32 Å². The molecule has 0 radical (unpaired) electrons. The van der Waals surface area contributed by atoms with Crippen LogP contribution in [-0.4, -0.2) is 59.0 Å². The molecule has 0 spiro atoms. The van der Waals surface area contributed by atoms with Crippen molar-refractivity contribution in [3.05, 3.63) is 35.9 Å². The highest BCUT2D eigenvalue weighted by molar-refractivity contribution is 5.67. The summed E-state index contributed by atoms with van der Waals surface area (Å²) in [7, 11) is 0. The zero-order valence-electron chi connectivity index (χ0n) is 11.4. The maximum Gasteiger partial charge on any atom is 0.407 e. The van der Waals surface area contributed by atoms with Crippen LogP contribution >= 0.6 is 0 Å². The fraction of sp³-hybridized carbons (Fsp3) is 0.500. The molecule has 1 fully saturated rings. The lowest BCUT2D eigenvalue weighted by molar-refractivity contribution is -0.184. The van der Waals surface area contributed by atoms with Crippen molar-refractivity contribution in [2.75, 3.05) is 13.2 Å². The highest BCUT2D eigenvalue weighted by Gasteiger charge is 2.37. The Hall–Kier alpha value is -1.67. The highest BCUT2D eigenvalue weighted by Crippen LogP contribution is 2.14. The van der Waals surface area contributed by atoms with E-state index >= 15 is 0 Å². The molecule has 0 saturated carbocycles. The number of aliphatic hydroxyl groups excluding tert-OH is 3. The van der Waals surface area contributed by atoms with Gasteiger partial charge in [-0.3, -0.25) is 0 Å². The van der Waals surface area contributed by atoms with E-state index < -0.39 is 30.5 Å². The quantitative estimate of drug-likeness (QED) is 0.591. The molecule has 4 atom stereocenters. The van der Waals surface area contributed by atoms with Crippen molar-refractivity contribution < 1.29 is 29.6 Å². The summed E-state index contributed by atoms with van der Waals surface area (Å²) in [6, 6.07) is 9.22.